The van der Waals surface area contributed by atoms with E-state index in [0.29, 0.717) is 22.5 Å². The lowest BCUT2D eigenvalue weighted by atomic mass is 10.2. The molecule has 2 aromatic carbocycles. The van der Waals surface area contributed by atoms with Gasteiger partial charge in [-0.1, -0.05) is 39.7 Å². The van der Waals surface area contributed by atoms with Crippen LogP contribution in [0, 0.1) is 0 Å². The maximum Gasteiger partial charge on any atom is 0.261 e. The lowest BCUT2D eigenvalue weighted by molar-refractivity contribution is 0.725. The zero-order valence-corrected chi connectivity index (χ0v) is 17.7. The average molecular weight is 471 g/mol. The van der Waals surface area contributed by atoms with Crippen molar-refractivity contribution >= 4 is 61.4 Å². The Hall–Kier alpha value is -2.28. The van der Waals surface area contributed by atoms with E-state index in [1.54, 1.807) is 34.1 Å². The minimum absolute atomic E-state index is 0.0426. The monoisotopic (exact) mass is 469 g/mol. The molecule has 0 saturated heterocycles. The van der Waals surface area contributed by atoms with Crippen molar-refractivity contribution in [2.75, 3.05) is 0 Å². The number of aromatic nitrogens is 3. The zero-order valence-electron chi connectivity index (χ0n) is 14.5. The number of fused-ring (bicyclic) bond motifs is 2. The Bertz CT molecular complexity index is 1320. The number of allylic oxidation sites excluding steroid dienone is 1. The fourth-order valence-corrected chi connectivity index (χ4v) is 4.76. The van der Waals surface area contributed by atoms with Crippen LogP contribution in [-0.4, -0.2) is 14.5 Å². The quantitative estimate of drug-likeness (QED) is 0.367. The van der Waals surface area contributed by atoms with Crippen molar-refractivity contribution in [3.05, 3.63) is 79.2 Å². The van der Waals surface area contributed by atoms with E-state index in [-0.39, 0.29) is 5.56 Å². The molecule has 0 spiro atoms. The minimum Gasteiger partial charge on any atom is -0.292 e. The third kappa shape index (κ3) is 3.11. The highest BCUT2D eigenvalue weighted by Gasteiger charge is 2.21. The van der Waals surface area contributed by atoms with Crippen LogP contribution in [0.3, 0.4) is 0 Å². The van der Waals surface area contributed by atoms with Crippen LogP contribution in [0.5, 0.6) is 0 Å². The summed E-state index contributed by atoms with van der Waals surface area (Å²) in [5.41, 5.74) is 3.61. The van der Waals surface area contributed by atoms with Gasteiger partial charge in [-0.3, -0.25) is 9.36 Å². The Balaban J connectivity index is 1.56. The molecule has 138 valence electrons. The second kappa shape index (κ2) is 6.95. The van der Waals surface area contributed by atoms with Crippen LogP contribution < -0.4 is 5.56 Å². The van der Waals surface area contributed by atoms with E-state index < -0.39 is 0 Å². The van der Waals surface area contributed by atoms with Crippen molar-refractivity contribution in [3.63, 3.8) is 0 Å². The highest BCUT2D eigenvalue weighted by Crippen LogP contribution is 2.31. The second-order valence-electron chi connectivity index (χ2n) is 6.56. The molecule has 0 atom stereocenters. The molecule has 7 heteroatoms. The smallest absolute Gasteiger partial charge is 0.261 e. The van der Waals surface area contributed by atoms with Gasteiger partial charge in [0.1, 0.15) is 10.8 Å². The first-order chi connectivity index (χ1) is 13.6. The van der Waals surface area contributed by atoms with Crippen molar-refractivity contribution in [2.45, 2.75) is 13.0 Å². The number of hydrogen-bond acceptors (Lipinski definition) is 4. The highest BCUT2D eigenvalue weighted by molar-refractivity contribution is 9.10. The Morgan fingerprint density at radius 3 is 2.93 bits per heavy atom. The van der Waals surface area contributed by atoms with Gasteiger partial charge < -0.3 is 0 Å². The standard InChI is InChI=1S/C21H13BrClN3OS/c22-14-3-1-2-13(8-14)20-24-16(11-28-20)9-12-6-7-26-19(12)25-18-5-4-15(23)10-17(18)21(26)27/h1-5,8-11H,6-7H2. The SMILES string of the molecule is O=c1c2cc(Cl)ccc2nc2n1CCC2=Cc1csc(-c2cccc(Br)c2)n1. The van der Waals surface area contributed by atoms with Crippen molar-refractivity contribution in [2.24, 2.45) is 0 Å². The molecular formula is C21H13BrClN3OS. The molecule has 0 aliphatic carbocycles. The van der Waals surface area contributed by atoms with Crippen LogP contribution in [0.2, 0.25) is 5.02 Å². The van der Waals surface area contributed by atoms with E-state index in [2.05, 4.69) is 22.0 Å². The van der Waals surface area contributed by atoms with Crippen molar-refractivity contribution in [1.29, 1.82) is 0 Å². The predicted octanol–water partition coefficient (Wildman–Crippen LogP) is 5.88. The molecule has 0 bridgehead atoms. The molecule has 0 radical (unpaired) electrons. The molecular weight excluding hydrogens is 458 g/mol. The van der Waals surface area contributed by atoms with Gasteiger partial charge in [0.25, 0.3) is 5.56 Å². The van der Waals surface area contributed by atoms with E-state index >= 15 is 0 Å². The minimum atomic E-state index is -0.0426. The van der Waals surface area contributed by atoms with Gasteiger partial charge in [-0.25, -0.2) is 9.97 Å². The molecule has 0 N–H and O–H groups in total. The molecule has 0 amide bonds. The number of rotatable bonds is 2. The largest absolute Gasteiger partial charge is 0.292 e. The van der Waals surface area contributed by atoms with Crippen LogP contribution >= 0.6 is 38.9 Å². The molecule has 4 aromatic rings. The van der Waals surface area contributed by atoms with Crippen LogP contribution in [-0.2, 0) is 6.54 Å². The topological polar surface area (TPSA) is 47.8 Å². The van der Waals surface area contributed by atoms with E-state index in [4.69, 9.17) is 21.6 Å². The Kier molecular flexibility index (Phi) is 4.42. The maximum absolute atomic E-state index is 12.8. The Labute approximate surface area is 178 Å². The normalized spacial score (nSPS) is 14.7. The number of nitrogens with zero attached hydrogens (tertiary/aromatic N) is 3. The van der Waals surface area contributed by atoms with Crippen LogP contribution in [0.25, 0.3) is 33.1 Å². The summed E-state index contributed by atoms with van der Waals surface area (Å²) in [5, 5.41) is 4.10. The highest BCUT2D eigenvalue weighted by atomic mass is 79.9. The summed E-state index contributed by atoms with van der Waals surface area (Å²) in [6.45, 7) is 0.623. The number of hydrogen-bond donors (Lipinski definition) is 0. The summed E-state index contributed by atoms with van der Waals surface area (Å²) in [5.74, 6) is 0.719. The van der Waals surface area contributed by atoms with Gasteiger partial charge in [-0.05, 0) is 48.4 Å². The molecule has 0 fully saturated rings. The van der Waals surface area contributed by atoms with Crippen LogP contribution in [0.4, 0.5) is 0 Å². The summed E-state index contributed by atoms with van der Waals surface area (Å²) in [6, 6.07) is 13.3. The Morgan fingerprint density at radius 1 is 1.18 bits per heavy atom. The van der Waals surface area contributed by atoms with Crippen molar-refractivity contribution < 1.29 is 0 Å². The second-order valence-corrected chi connectivity index (χ2v) is 8.77. The summed E-state index contributed by atoms with van der Waals surface area (Å²) >= 11 is 11.1. The lowest BCUT2D eigenvalue weighted by Crippen LogP contribution is -2.20. The van der Waals surface area contributed by atoms with Crippen LogP contribution in [0.1, 0.15) is 17.9 Å². The molecule has 1 aliphatic heterocycles. The number of benzene rings is 2. The summed E-state index contributed by atoms with van der Waals surface area (Å²) < 4.78 is 2.76. The van der Waals surface area contributed by atoms with E-state index in [0.717, 1.165) is 38.6 Å². The molecule has 0 unspecified atom stereocenters. The molecule has 5 rings (SSSR count). The van der Waals surface area contributed by atoms with Gasteiger partial charge in [-0.2, -0.15) is 0 Å². The molecule has 1 aliphatic rings. The summed E-state index contributed by atoms with van der Waals surface area (Å²) in [7, 11) is 0. The summed E-state index contributed by atoms with van der Waals surface area (Å²) in [6.07, 6.45) is 2.79. The van der Waals surface area contributed by atoms with Gasteiger partial charge in [0.2, 0.25) is 0 Å². The maximum atomic E-state index is 12.8. The average Bonchev–Trinajstić information content (AvgIpc) is 3.31. The Morgan fingerprint density at radius 2 is 2.07 bits per heavy atom. The molecule has 28 heavy (non-hydrogen) atoms. The fraction of sp³-hybridized carbons (Fsp3) is 0.0952. The predicted molar refractivity (Wildman–Crippen MR) is 119 cm³/mol. The molecule has 0 saturated carbocycles. The molecule has 4 nitrogen and oxygen atoms in total. The number of halogens is 2. The van der Waals surface area contributed by atoms with Crippen molar-refractivity contribution in [1.82, 2.24) is 14.5 Å². The molecule has 3 heterocycles. The third-order valence-corrected chi connectivity index (χ3v) is 6.36. The third-order valence-electron chi connectivity index (χ3n) is 4.72. The summed E-state index contributed by atoms with van der Waals surface area (Å²) in [4.78, 5) is 22.3. The van der Waals surface area contributed by atoms with Gasteiger partial charge in [0.05, 0.1) is 16.6 Å². The van der Waals surface area contributed by atoms with Gasteiger partial charge in [-0.15, -0.1) is 11.3 Å². The van der Waals surface area contributed by atoms with Gasteiger partial charge in [0, 0.05) is 27.0 Å². The first-order valence-electron chi connectivity index (χ1n) is 8.71. The number of thiazole rings is 1. The first-order valence-corrected chi connectivity index (χ1v) is 10.8. The lowest BCUT2D eigenvalue weighted by Gasteiger charge is -2.05. The fourth-order valence-electron chi connectivity index (χ4n) is 3.41. The van der Waals surface area contributed by atoms with E-state index in [1.807, 2.05) is 29.7 Å². The van der Waals surface area contributed by atoms with Crippen LogP contribution in [0.15, 0.2) is 57.1 Å². The zero-order chi connectivity index (χ0) is 19.3. The van der Waals surface area contributed by atoms with E-state index in [1.165, 1.54) is 0 Å². The first kappa shape index (κ1) is 17.8. The van der Waals surface area contributed by atoms with E-state index in [9.17, 15) is 4.79 Å². The van der Waals surface area contributed by atoms with Crippen molar-refractivity contribution in [3.8, 4) is 10.6 Å². The van der Waals surface area contributed by atoms with Gasteiger partial charge >= 0.3 is 0 Å². The molecule has 2 aromatic heterocycles. The van der Waals surface area contributed by atoms with Gasteiger partial charge in [0.15, 0.2) is 0 Å².